The molecule has 0 bridgehead atoms. The SMILES string of the molecule is CCCNC(C)CCCO. The van der Waals surface area contributed by atoms with E-state index in [1.54, 1.807) is 0 Å². The predicted octanol–water partition coefficient (Wildman–Crippen LogP) is 1.15. The minimum Gasteiger partial charge on any atom is -0.396 e. The summed E-state index contributed by atoms with van der Waals surface area (Å²) in [7, 11) is 0. The molecule has 0 rings (SSSR count). The molecule has 2 nitrogen and oxygen atoms in total. The number of rotatable bonds is 6. The number of aliphatic hydroxyl groups excluding tert-OH is 1. The Bertz CT molecular complexity index is 58.3. The lowest BCUT2D eigenvalue weighted by Crippen LogP contribution is -2.26. The fourth-order valence-corrected chi connectivity index (χ4v) is 0.890. The van der Waals surface area contributed by atoms with Gasteiger partial charge in [-0.25, -0.2) is 0 Å². The van der Waals surface area contributed by atoms with Gasteiger partial charge in [0.1, 0.15) is 0 Å². The van der Waals surface area contributed by atoms with E-state index in [0.717, 1.165) is 19.4 Å². The minimum absolute atomic E-state index is 0.318. The molecule has 0 spiro atoms. The molecule has 0 saturated carbocycles. The van der Waals surface area contributed by atoms with Crippen molar-refractivity contribution in [3.05, 3.63) is 0 Å². The van der Waals surface area contributed by atoms with E-state index in [9.17, 15) is 0 Å². The van der Waals surface area contributed by atoms with E-state index < -0.39 is 0 Å². The lowest BCUT2D eigenvalue weighted by atomic mass is 10.2. The van der Waals surface area contributed by atoms with E-state index in [1.807, 2.05) is 0 Å². The maximum absolute atomic E-state index is 8.51. The highest BCUT2D eigenvalue weighted by molar-refractivity contribution is 4.58. The molecule has 10 heavy (non-hydrogen) atoms. The van der Waals surface area contributed by atoms with Crippen molar-refractivity contribution in [1.29, 1.82) is 0 Å². The second-order valence-electron chi connectivity index (χ2n) is 2.72. The Kier molecular flexibility index (Phi) is 6.98. The second-order valence-corrected chi connectivity index (χ2v) is 2.72. The zero-order valence-electron chi connectivity index (χ0n) is 7.06. The van der Waals surface area contributed by atoms with Crippen molar-refractivity contribution in [3.63, 3.8) is 0 Å². The molecule has 0 aromatic carbocycles. The van der Waals surface area contributed by atoms with Crippen LogP contribution < -0.4 is 5.32 Å². The normalized spacial score (nSPS) is 13.5. The average Bonchev–Trinajstić information content (AvgIpc) is 1.97. The lowest BCUT2D eigenvalue weighted by Gasteiger charge is -2.11. The monoisotopic (exact) mass is 145 g/mol. The van der Waals surface area contributed by atoms with Gasteiger partial charge in [-0.05, 0) is 32.7 Å². The van der Waals surface area contributed by atoms with E-state index in [2.05, 4.69) is 19.2 Å². The number of aliphatic hydroxyl groups is 1. The molecule has 1 unspecified atom stereocenters. The molecule has 0 saturated heterocycles. The average molecular weight is 145 g/mol. The summed E-state index contributed by atoms with van der Waals surface area (Å²) in [6, 6.07) is 0.562. The van der Waals surface area contributed by atoms with E-state index >= 15 is 0 Å². The van der Waals surface area contributed by atoms with E-state index in [-0.39, 0.29) is 0 Å². The van der Waals surface area contributed by atoms with Crippen LogP contribution in [0.5, 0.6) is 0 Å². The second kappa shape index (κ2) is 7.03. The van der Waals surface area contributed by atoms with Gasteiger partial charge in [0.25, 0.3) is 0 Å². The fourth-order valence-electron chi connectivity index (χ4n) is 0.890. The third kappa shape index (κ3) is 6.05. The van der Waals surface area contributed by atoms with Crippen molar-refractivity contribution < 1.29 is 5.11 Å². The van der Waals surface area contributed by atoms with Crippen LogP contribution in [0.4, 0.5) is 0 Å². The van der Waals surface area contributed by atoms with Crippen molar-refractivity contribution in [3.8, 4) is 0 Å². The summed E-state index contributed by atoms with van der Waals surface area (Å²) in [4.78, 5) is 0. The van der Waals surface area contributed by atoms with Gasteiger partial charge in [-0.1, -0.05) is 6.92 Å². The van der Waals surface area contributed by atoms with Gasteiger partial charge >= 0.3 is 0 Å². The van der Waals surface area contributed by atoms with Gasteiger partial charge in [0.15, 0.2) is 0 Å². The van der Waals surface area contributed by atoms with Gasteiger partial charge in [-0.15, -0.1) is 0 Å². The molecule has 2 heteroatoms. The van der Waals surface area contributed by atoms with Gasteiger partial charge in [0, 0.05) is 12.6 Å². The zero-order chi connectivity index (χ0) is 7.82. The van der Waals surface area contributed by atoms with Crippen LogP contribution >= 0.6 is 0 Å². The first-order chi connectivity index (χ1) is 4.81. The third-order valence-electron chi connectivity index (χ3n) is 1.54. The summed E-state index contributed by atoms with van der Waals surface area (Å²) in [6.07, 6.45) is 3.18. The Morgan fingerprint density at radius 1 is 1.50 bits per heavy atom. The highest BCUT2D eigenvalue weighted by Crippen LogP contribution is 1.94. The van der Waals surface area contributed by atoms with Gasteiger partial charge in [0.05, 0.1) is 0 Å². The molecule has 0 fully saturated rings. The molecule has 0 aromatic rings. The van der Waals surface area contributed by atoms with Crippen LogP contribution in [0.25, 0.3) is 0 Å². The van der Waals surface area contributed by atoms with E-state index in [1.165, 1.54) is 6.42 Å². The summed E-state index contributed by atoms with van der Waals surface area (Å²) in [5.74, 6) is 0. The quantitative estimate of drug-likeness (QED) is 0.587. The largest absolute Gasteiger partial charge is 0.396 e. The van der Waals surface area contributed by atoms with Crippen LogP contribution in [0.1, 0.15) is 33.1 Å². The first-order valence-corrected chi connectivity index (χ1v) is 4.15. The Labute approximate surface area is 63.6 Å². The van der Waals surface area contributed by atoms with Crippen LogP contribution in [0.15, 0.2) is 0 Å². The summed E-state index contributed by atoms with van der Waals surface area (Å²) in [5.41, 5.74) is 0. The zero-order valence-corrected chi connectivity index (χ0v) is 7.06. The Morgan fingerprint density at radius 2 is 2.20 bits per heavy atom. The van der Waals surface area contributed by atoms with E-state index in [0.29, 0.717) is 12.6 Å². The van der Waals surface area contributed by atoms with Gasteiger partial charge in [-0.3, -0.25) is 0 Å². The Balaban J connectivity index is 3.00. The number of nitrogens with one attached hydrogen (secondary N) is 1. The van der Waals surface area contributed by atoms with Crippen molar-refractivity contribution in [2.75, 3.05) is 13.2 Å². The maximum atomic E-state index is 8.51. The maximum Gasteiger partial charge on any atom is 0.0431 e. The summed E-state index contributed by atoms with van der Waals surface area (Å²) in [5, 5.41) is 11.9. The smallest absolute Gasteiger partial charge is 0.0431 e. The molecule has 0 aromatic heterocycles. The molecule has 0 aliphatic carbocycles. The lowest BCUT2D eigenvalue weighted by molar-refractivity contribution is 0.276. The van der Waals surface area contributed by atoms with Crippen molar-refractivity contribution >= 4 is 0 Å². The molecule has 0 aliphatic heterocycles. The first-order valence-electron chi connectivity index (χ1n) is 4.15. The van der Waals surface area contributed by atoms with Crippen LogP contribution in [-0.4, -0.2) is 24.3 Å². The Morgan fingerprint density at radius 3 is 2.70 bits per heavy atom. The van der Waals surface area contributed by atoms with Crippen molar-refractivity contribution in [2.24, 2.45) is 0 Å². The topological polar surface area (TPSA) is 32.3 Å². The molecule has 2 N–H and O–H groups in total. The van der Waals surface area contributed by atoms with Crippen LogP contribution in [0.2, 0.25) is 0 Å². The Hall–Kier alpha value is -0.0800. The van der Waals surface area contributed by atoms with Gasteiger partial charge in [0.2, 0.25) is 0 Å². The molecule has 0 aliphatic rings. The highest BCUT2D eigenvalue weighted by atomic mass is 16.2. The minimum atomic E-state index is 0.318. The van der Waals surface area contributed by atoms with Gasteiger partial charge in [-0.2, -0.15) is 0 Å². The van der Waals surface area contributed by atoms with E-state index in [4.69, 9.17) is 5.11 Å². The fraction of sp³-hybridized carbons (Fsp3) is 1.00. The standard InChI is InChI=1S/C8H19NO/c1-3-6-9-8(2)5-4-7-10/h8-10H,3-7H2,1-2H3. The number of hydrogen-bond acceptors (Lipinski definition) is 2. The number of hydrogen-bond donors (Lipinski definition) is 2. The van der Waals surface area contributed by atoms with Crippen molar-refractivity contribution in [1.82, 2.24) is 5.32 Å². The van der Waals surface area contributed by atoms with Crippen molar-refractivity contribution in [2.45, 2.75) is 39.2 Å². The molecule has 1 atom stereocenters. The highest BCUT2D eigenvalue weighted by Gasteiger charge is 1.97. The predicted molar refractivity (Wildman–Crippen MR) is 44.1 cm³/mol. The summed E-state index contributed by atoms with van der Waals surface area (Å²) >= 11 is 0. The molecule has 0 radical (unpaired) electrons. The van der Waals surface area contributed by atoms with Gasteiger partial charge < -0.3 is 10.4 Å². The molecule has 0 heterocycles. The summed E-state index contributed by atoms with van der Waals surface area (Å²) in [6.45, 7) is 5.72. The van der Waals surface area contributed by atoms with Crippen LogP contribution in [0.3, 0.4) is 0 Å². The third-order valence-corrected chi connectivity index (χ3v) is 1.54. The first kappa shape index (κ1) is 9.92. The molecule has 0 amide bonds. The van der Waals surface area contributed by atoms with Crippen LogP contribution in [-0.2, 0) is 0 Å². The summed E-state index contributed by atoms with van der Waals surface area (Å²) < 4.78 is 0. The van der Waals surface area contributed by atoms with Crippen LogP contribution in [0, 0.1) is 0 Å². The molecular formula is C8H19NO. The molecule has 62 valence electrons. The molecular weight excluding hydrogens is 126 g/mol.